The predicted octanol–water partition coefficient (Wildman–Crippen LogP) is 3.45. The second-order valence-corrected chi connectivity index (χ2v) is 5.81. The molecule has 0 fully saturated rings. The van der Waals surface area contributed by atoms with Gasteiger partial charge >= 0.3 is 0 Å². The number of fused-ring (bicyclic) bond motifs is 1. The Labute approximate surface area is 110 Å². The highest BCUT2D eigenvalue weighted by Crippen LogP contribution is 2.24. The highest BCUT2D eigenvalue weighted by atomic mass is 15.0. The lowest BCUT2D eigenvalue weighted by molar-refractivity contribution is 0.439. The van der Waals surface area contributed by atoms with E-state index in [4.69, 9.17) is 0 Å². The minimum atomic E-state index is 0.668. The smallest absolute Gasteiger partial charge is 0.132 e. The van der Waals surface area contributed by atoms with Crippen molar-refractivity contribution in [2.75, 3.05) is 11.9 Å². The van der Waals surface area contributed by atoms with Crippen LogP contribution in [-0.2, 0) is 12.8 Å². The molecule has 0 radical (unpaired) electrons. The Balaban J connectivity index is 2.08. The van der Waals surface area contributed by atoms with Crippen molar-refractivity contribution >= 4 is 5.82 Å². The average molecular weight is 247 g/mol. The Hall–Kier alpha value is -1.12. The first-order chi connectivity index (χ1) is 8.68. The number of nitrogens with one attached hydrogen (secondary N) is 1. The maximum Gasteiger partial charge on any atom is 0.132 e. The highest BCUT2D eigenvalue weighted by Gasteiger charge is 2.15. The van der Waals surface area contributed by atoms with Gasteiger partial charge in [0.05, 0.1) is 0 Å². The molecule has 100 valence electrons. The Morgan fingerprint density at radius 1 is 1.11 bits per heavy atom. The summed E-state index contributed by atoms with van der Waals surface area (Å²) in [4.78, 5) is 8.89. The number of aryl methyl sites for hydroxylation is 1. The standard InChI is InChI=1S/C15H25N3/c1-11(2)12(3)9-16-15-13-7-5-4-6-8-14(13)17-10-18-15/h10-12H,4-9H2,1-3H3,(H,16,17,18). The van der Waals surface area contributed by atoms with Crippen LogP contribution < -0.4 is 5.32 Å². The SMILES string of the molecule is CC(C)C(C)CNc1ncnc2c1CCCCC2. The van der Waals surface area contributed by atoms with E-state index in [0.29, 0.717) is 11.8 Å². The van der Waals surface area contributed by atoms with Gasteiger partial charge < -0.3 is 5.32 Å². The number of hydrogen-bond donors (Lipinski definition) is 1. The molecule has 1 aliphatic rings. The molecule has 1 heterocycles. The molecule has 1 N–H and O–H groups in total. The Bertz CT molecular complexity index is 387. The van der Waals surface area contributed by atoms with Gasteiger partial charge in [-0.25, -0.2) is 9.97 Å². The van der Waals surface area contributed by atoms with Gasteiger partial charge in [0.15, 0.2) is 0 Å². The molecular weight excluding hydrogens is 222 g/mol. The summed E-state index contributed by atoms with van der Waals surface area (Å²) in [6.07, 6.45) is 7.83. The zero-order chi connectivity index (χ0) is 13.0. The van der Waals surface area contributed by atoms with E-state index in [9.17, 15) is 0 Å². The first-order valence-corrected chi connectivity index (χ1v) is 7.25. The van der Waals surface area contributed by atoms with Crippen LogP contribution in [0, 0.1) is 11.8 Å². The minimum absolute atomic E-state index is 0.668. The molecular formula is C15H25N3. The zero-order valence-corrected chi connectivity index (χ0v) is 11.9. The predicted molar refractivity (Wildman–Crippen MR) is 75.8 cm³/mol. The van der Waals surface area contributed by atoms with Crippen LogP contribution in [0.4, 0.5) is 5.82 Å². The Morgan fingerprint density at radius 3 is 2.67 bits per heavy atom. The van der Waals surface area contributed by atoms with E-state index in [1.165, 1.54) is 30.5 Å². The summed E-state index contributed by atoms with van der Waals surface area (Å²) in [5, 5.41) is 3.53. The lowest BCUT2D eigenvalue weighted by Crippen LogP contribution is -2.18. The molecule has 1 atom stereocenters. The molecule has 1 unspecified atom stereocenters. The second-order valence-electron chi connectivity index (χ2n) is 5.81. The zero-order valence-electron chi connectivity index (χ0n) is 11.9. The van der Waals surface area contributed by atoms with Crippen molar-refractivity contribution in [2.45, 2.75) is 52.9 Å². The molecule has 18 heavy (non-hydrogen) atoms. The molecule has 3 heteroatoms. The first-order valence-electron chi connectivity index (χ1n) is 7.25. The van der Waals surface area contributed by atoms with Gasteiger partial charge in [-0.3, -0.25) is 0 Å². The lowest BCUT2D eigenvalue weighted by atomic mass is 9.98. The van der Waals surface area contributed by atoms with Crippen LogP contribution in [0.5, 0.6) is 0 Å². The maximum absolute atomic E-state index is 4.45. The molecule has 0 aromatic carbocycles. The Kier molecular flexibility index (Phi) is 4.56. The first kappa shape index (κ1) is 13.3. The van der Waals surface area contributed by atoms with Crippen molar-refractivity contribution in [3.05, 3.63) is 17.6 Å². The van der Waals surface area contributed by atoms with E-state index in [0.717, 1.165) is 25.2 Å². The summed E-state index contributed by atoms with van der Waals surface area (Å²) in [7, 11) is 0. The van der Waals surface area contributed by atoms with Crippen molar-refractivity contribution in [1.82, 2.24) is 9.97 Å². The van der Waals surface area contributed by atoms with Gasteiger partial charge in [0.2, 0.25) is 0 Å². The van der Waals surface area contributed by atoms with Crippen molar-refractivity contribution in [2.24, 2.45) is 11.8 Å². The maximum atomic E-state index is 4.45. The van der Waals surface area contributed by atoms with E-state index >= 15 is 0 Å². The van der Waals surface area contributed by atoms with Crippen LogP contribution >= 0.6 is 0 Å². The molecule has 0 spiro atoms. The van der Waals surface area contributed by atoms with Crippen LogP contribution in [0.2, 0.25) is 0 Å². The summed E-state index contributed by atoms with van der Waals surface area (Å²) >= 11 is 0. The number of anilines is 1. The van der Waals surface area contributed by atoms with E-state index in [-0.39, 0.29) is 0 Å². The van der Waals surface area contributed by atoms with Crippen molar-refractivity contribution in [1.29, 1.82) is 0 Å². The highest BCUT2D eigenvalue weighted by molar-refractivity contribution is 5.46. The molecule has 2 rings (SSSR count). The van der Waals surface area contributed by atoms with Crippen LogP contribution in [0.3, 0.4) is 0 Å². The molecule has 0 aliphatic heterocycles. The largest absolute Gasteiger partial charge is 0.369 e. The molecule has 0 bridgehead atoms. The number of nitrogens with zero attached hydrogens (tertiary/aromatic N) is 2. The van der Waals surface area contributed by atoms with Gasteiger partial charge in [0, 0.05) is 17.8 Å². The van der Waals surface area contributed by atoms with E-state index in [2.05, 4.69) is 36.1 Å². The third kappa shape index (κ3) is 3.21. The molecule has 3 nitrogen and oxygen atoms in total. The third-order valence-corrected chi connectivity index (χ3v) is 4.10. The molecule has 1 aromatic heterocycles. The monoisotopic (exact) mass is 247 g/mol. The average Bonchev–Trinajstić information content (AvgIpc) is 2.61. The van der Waals surface area contributed by atoms with Crippen LogP contribution in [0.25, 0.3) is 0 Å². The summed E-state index contributed by atoms with van der Waals surface area (Å²) in [6, 6.07) is 0. The number of rotatable bonds is 4. The third-order valence-electron chi connectivity index (χ3n) is 4.10. The van der Waals surface area contributed by atoms with Crippen LogP contribution in [-0.4, -0.2) is 16.5 Å². The molecule has 0 saturated heterocycles. The molecule has 1 aromatic rings. The lowest BCUT2D eigenvalue weighted by Gasteiger charge is -2.18. The van der Waals surface area contributed by atoms with Gasteiger partial charge in [0.25, 0.3) is 0 Å². The van der Waals surface area contributed by atoms with Gasteiger partial charge in [-0.05, 0) is 37.5 Å². The Morgan fingerprint density at radius 2 is 1.89 bits per heavy atom. The second kappa shape index (κ2) is 6.17. The van der Waals surface area contributed by atoms with Crippen molar-refractivity contribution in [3.8, 4) is 0 Å². The summed E-state index contributed by atoms with van der Waals surface area (Å²) in [5.41, 5.74) is 2.63. The fourth-order valence-electron chi connectivity index (χ4n) is 2.34. The van der Waals surface area contributed by atoms with Crippen LogP contribution in [0.1, 0.15) is 51.3 Å². The van der Waals surface area contributed by atoms with E-state index < -0.39 is 0 Å². The number of aromatic nitrogens is 2. The molecule has 1 aliphatic carbocycles. The summed E-state index contributed by atoms with van der Waals surface area (Å²) in [6.45, 7) is 7.83. The fourth-order valence-corrected chi connectivity index (χ4v) is 2.34. The summed E-state index contributed by atoms with van der Waals surface area (Å²) in [5.74, 6) is 2.45. The van der Waals surface area contributed by atoms with Crippen LogP contribution in [0.15, 0.2) is 6.33 Å². The van der Waals surface area contributed by atoms with Crippen molar-refractivity contribution < 1.29 is 0 Å². The summed E-state index contributed by atoms with van der Waals surface area (Å²) < 4.78 is 0. The minimum Gasteiger partial charge on any atom is -0.369 e. The number of hydrogen-bond acceptors (Lipinski definition) is 3. The topological polar surface area (TPSA) is 37.8 Å². The molecule has 0 saturated carbocycles. The van der Waals surface area contributed by atoms with E-state index in [1.54, 1.807) is 6.33 Å². The van der Waals surface area contributed by atoms with Gasteiger partial charge in [-0.2, -0.15) is 0 Å². The van der Waals surface area contributed by atoms with Gasteiger partial charge in [0.1, 0.15) is 12.1 Å². The quantitative estimate of drug-likeness (QED) is 0.828. The molecule has 0 amide bonds. The van der Waals surface area contributed by atoms with Crippen molar-refractivity contribution in [3.63, 3.8) is 0 Å². The van der Waals surface area contributed by atoms with Gasteiger partial charge in [-0.1, -0.05) is 27.2 Å². The van der Waals surface area contributed by atoms with E-state index in [1.807, 2.05) is 0 Å². The normalized spacial score (nSPS) is 17.1. The fraction of sp³-hybridized carbons (Fsp3) is 0.733. The van der Waals surface area contributed by atoms with Gasteiger partial charge in [-0.15, -0.1) is 0 Å².